The van der Waals surface area contributed by atoms with E-state index in [9.17, 15) is 4.79 Å². The van der Waals surface area contributed by atoms with Gasteiger partial charge in [-0.05, 0) is 54.6 Å². The third-order valence-electron chi connectivity index (χ3n) is 5.99. The first-order chi connectivity index (χ1) is 18.6. The van der Waals surface area contributed by atoms with Gasteiger partial charge < -0.3 is 25.6 Å². The van der Waals surface area contributed by atoms with Gasteiger partial charge >= 0.3 is 0 Å². The van der Waals surface area contributed by atoms with Crippen molar-refractivity contribution in [1.29, 1.82) is 0 Å². The maximum absolute atomic E-state index is 11.9. The number of hydrogen-bond donors (Lipinski definition) is 3. The van der Waals surface area contributed by atoms with Gasteiger partial charge in [-0.15, -0.1) is 0 Å². The second kappa shape index (κ2) is 11.8. The molecule has 1 fully saturated rings. The van der Waals surface area contributed by atoms with E-state index >= 15 is 0 Å². The molecule has 0 atom stereocenters. The van der Waals surface area contributed by atoms with Crippen molar-refractivity contribution in [3.8, 4) is 11.3 Å². The van der Waals surface area contributed by atoms with Crippen LogP contribution in [0.4, 0.5) is 34.4 Å². The molecule has 1 aromatic heterocycles. The molecule has 38 heavy (non-hydrogen) atoms. The van der Waals surface area contributed by atoms with Crippen LogP contribution in [0.2, 0.25) is 5.02 Å². The van der Waals surface area contributed by atoms with Crippen molar-refractivity contribution in [2.45, 2.75) is 0 Å². The Balaban J connectivity index is 1.50. The minimum Gasteiger partial charge on any atom is -0.378 e. The lowest BCUT2D eigenvalue weighted by Gasteiger charge is -2.29. The molecule has 0 bridgehead atoms. The van der Waals surface area contributed by atoms with Gasteiger partial charge in [-0.2, -0.15) is 0 Å². The quantitative estimate of drug-likeness (QED) is 0.234. The lowest BCUT2D eigenvalue weighted by molar-refractivity contribution is -0.111. The van der Waals surface area contributed by atoms with Gasteiger partial charge in [0, 0.05) is 41.4 Å². The molecule has 8 nitrogen and oxygen atoms in total. The molecule has 1 aliphatic rings. The zero-order chi connectivity index (χ0) is 26.3. The van der Waals surface area contributed by atoms with E-state index in [1.807, 2.05) is 42.5 Å². The highest BCUT2D eigenvalue weighted by atomic mass is 35.5. The lowest BCUT2D eigenvalue weighted by atomic mass is 10.1. The molecule has 0 saturated carbocycles. The number of para-hydroxylation sites is 1. The highest BCUT2D eigenvalue weighted by Gasteiger charge is 2.16. The van der Waals surface area contributed by atoms with Gasteiger partial charge in [0.1, 0.15) is 5.69 Å². The SMILES string of the molecule is C=CC(=O)Nc1ccc(Cl)c(-c2nc(Nc3cccc(N4CCOCC4)c3)ncc2Nc2ccccc2)c1. The Kier molecular flexibility index (Phi) is 7.82. The molecule has 4 aromatic rings. The minimum atomic E-state index is -0.314. The molecule has 2 heterocycles. The smallest absolute Gasteiger partial charge is 0.247 e. The average Bonchev–Trinajstić information content (AvgIpc) is 2.96. The van der Waals surface area contributed by atoms with Crippen molar-refractivity contribution in [3.63, 3.8) is 0 Å². The van der Waals surface area contributed by atoms with E-state index in [1.165, 1.54) is 6.08 Å². The van der Waals surface area contributed by atoms with Crippen LogP contribution in [0, 0.1) is 0 Å². The topological polar surface area (TPSA) is 91.4 Å². The van der Waals surface area contributed by atoms with Crippen LogP contribution >= 0.6 is 11.6 Å². The Hall–Kier alpha value is -4.40. The summed E-state index contributed by atoms with van der Waals surface area (Å²) in [6.45, 7) is 6.64. The number of morpholine rings is 1. The number of amides is 1. The molecule has 3 aromatic carbocycles. The van der Waals surface area contributed by atoms with Gasteiger partial charge in [-0.1, -0.05) is 42.4 Å². The number of rotatable bonds is 8. The van der Waals surface area contributed by atoms with Gasteiger partial charge in [-0.3, -0.25) is 4.79 Å². The fourth-order valence-corrected chi connectivity index (χ4v) is 4.33. The summed E-state index contributed by atoms with van der Waals surface area (Å²) in [6.07, 6.45) is 2.93. The van der Waals surface area contributed by atoms with E-state index in [4.69, 9.17) is 21.3 Å². The second-order valence-electron chi connectivity index (χ2n) is 8.61. The van der Waals surface area contributed by atoms with Crippen molar-refractivity contribution < 1.29 is 9.53 Å². The molecular weight excluding hydrogens is 500 g/mol. The van der Waals surface area contributed by atoms with Crippen LogP contribution in [0.3, 0.4) is 0 Å². The number of ether oxygens (including phenoxy) is 1. The molecule has 0 radical (unpaired) electrons. The summed E-state index contributed by atoms with van der Waals surface area (Å²) in [5.41, 5.74) is 5.30. The minimum absolute atomic E-state index is 0.314. The van der Waals surface area contributed by atoms with Gasteiger partial charge in [0.15, 0.2) is 0 Å². The molecular formula is C29H27ClN6O2. The highest BCUT2D eigenvalue weighted by molar-refractivity contribution is 6.33. The summed E-state index contributed by atoms with van der Waals surface area (Å²) < 4.78 is 5.48. The van der Waals surface area contributed by atoms with Crippen LogP contribution in [0.15, 0.2) is 91.6 Å². The third-order valence-corrected chi connectivity index (χ3v) is 6.32. The van der Waals surface area contributed by atoms with Crippen molar-refractivity contribution in [2.75, 3.05) is 47.2 Å². The predicted octanol–water partition coefficient (Wildman–Crippen LogP) is 6.25. The molecule has 0 spiro atoms. The van der Waals surface area contributed by atoms with Gasteiger partial charge in [-0.25, -0.2) is 9.97 Å². The van der Waals surface area contributed by atoms with Gasteiger partial charge in [0.2, 0.25) is 11.9 Å². The number of halogens is 1. The van der Waals surface area contributed by atoms with Gasteiger partial charge in [0.25, 0.3) is 0 Å². The van der Waals surface area contributed by atoms with E-state index in [1.54, 1.807) is 24.4 Å². The molecule has 5 rings (SSSR count). The van der Waals surface area contributed by atoms with Crippen LogP contribution in [-0.4, -0.2) is 42.2 Å². The van der Waals surface area contributed by atoms with E-state index in [2.05, 4.69) is 44.5 Å². The van der Waals surface area contributed by atoms with Crippen LogP contribution in [0.1, 0.15) is 0 Å². The third kappa shape index (κ3) is 6.11. The molecule has 0 aliphatic carbocycles. The second-order valence-corrected chi connectivity index (χ2v) is 9.02. The van der Waals surface area contributed by atoms with Crippen molar-refractivity contribution in [3.05, 3.63) is 96.7 Å². The number of nitrogens with zero attached hydrogens (tertiary/aromatic N) is 3. The van der Waals surface area contributed by atoms with Crippen LogP contribution < -0.4 is 20.9 Å². The number of carbonyl (C=O) groups excluding carboxylic acids is 1. The van der Waals surface area contributed by atoms with Crippen LogP contribution in [0.25, 0.3) is 11.3 Å². The average molecular weight is 527 g/mol. The normalized spacial score (nSPS) is 13.0. The largest absolute Gasteiger partial charge is 0.378 e. The van der Waals surface area contributed by atoms with E-state index in [0.717, 1.165) is 30.2 Å². The van der Waals surface area contributed by atoms with Crippen LogP contribution in [-0.2, 0) is 9.53 Å². The molecule has 1 amide bonds. The Labute approximate surface area is 226 Å². The maximum atomic E-state index is 11.9. The van der Waals surface area contributed by atoms with E-state index in [-0.39, 0.29) is 5.91 Å². The number of aromatic nitrogens is 2. The van der Waals surface area contributed by atoms with Crippen molar-refractivity contribution in [2.24, 2.45) is 0 Å². The first-order valence-corrected chi connectivity index (χ1v) is 12.6. The summed E-state index contributed by atoms with van der Waals surface area (Å²) in [6, 6.07) is 23.1. The molecule has 9 heteroatoms. The number of nitrogens with one attached hydrogen (secondary N) is 3. The molecule has 0 unspecified atom stereocenters. The Morgan fingerprint density at radius 1 is 0.947 bits per heavy atom. The summed E-state index contributed by atoms with van der Waals surface area (Å²) in [7, 11) is 0. The first-order valence-electron chi connectivity index (χ1n) is 12.2. The number of anilines is 6. The fourth-order valence-electron chi connectivity index (χ4n) is 4.12. The zero-order valence-electron chi connectivity index (χ0n) is 20.7. The van der Waals surface area contributed by atoms with Crippen molar-refractivity contribution >= 4 is 51.9 Å². The van der Waals surface area contributed by atoms with Crippen molar-refractivity contribution in [1.82, 2.24) is 9.97 Å². The fraction of sp³-hybridized carbons (Fsp3) is 0.138. The Morgan fingerprint density at radius 2 is 1.74 bits per heavy atom. The number of benzene rings is 3. The summed E-state index contributed by atoms with van der Waals surface area (Å²) in [5.74, 6) is 0.0976. The summed E-state index contributed by atoms with van der Waals surface area (Å²) in [5, 5.41) is 9.97. The highest BCUT2D eigenvalue weighted by Crippen LogP contribution is 2.36. The molecule has 1 aliphatic heterocycles. The predicted molar refractivity (Wildman–Crippen MR) is 154 cm³/mol. The molecule has 3 N–H and O–H groups in total. The first kappa shape index (κ1) is 25.3. The number of hydrogen-bond acceptors (Lipinski definition) is 7. The molecule has 192 valence electrons. The lowest BCUT2D eigenvalue weighted by Crippen LogP contribution is -2.36. The maximum Gasteiger partial charge on any atom is 0.247 e. The standard InChI is InChI=1S/C29H27ClN6O2/c1-2-27(37)33-22-11-12-25(30)24(18-22)28-26(32-20-7-4-3-5-8-20)19-31-29(35-28)34-21-9-6-10-23(17-21)36-13-15-38-16-14-36/h2-12,17-19,32H,1,13-16H2,(H,33,37)(H,31,34,35). The van der Waals surface area contributed by atoms with Crippen LogP contribution in [0.5, 0.6) is 0 Å². The van der Waals surface area contributed by atoms with E-state index in [0.29, 0.717) is 46.8 Å². The van der Waals surface area contributed by atoms with Gasteiger partial charge in [0.05, 0.1) is 30.1 Å². The Bertz CT molecular complexity index is 1440. The van der Waals surface area contributed by atoms with E-state index < -0.39 is 0 Å². The zero-order valence-corrected chi connectivity index (χ0v) is 21.4. The summed E-state index contributed by atoms with van der Waals surface area (Å²) >= 11 is 6.64. The Morgan fingerprint density at radius 3 is 2.53 bits per heavy atom. The monoisotopic (exact) mass is 526 g/mol. The summed E-state index contributed by atoms with van der Waals surface area (Å²) in [4.78, 5) is 23.6. The molecule has 1 saturated heterocycles. The number of carbonyl (C=O) groups is 1.